The third-order valence-corrected chi connectivity index (χ3v) is 5.26. The molecule has 0 spiro atoms. The number of aromatic amines is 1. The van der Waals surface area contributed by atoms with Gasteiger partial charge in [-0.25, -0.2) is 13.8 Å². The second kappa shape index (κ2) is 8.71. The highest BCUT2D eigenvalue weighted by Crippen LogP contribution is 2.17. The van der Waals surface area contributed by atoms with E-state index in [2.05, 4.69) is 14.9 Å². The predicted molar refractivity (Wildman–Crippen MR) is 110 cm³/mol. The molecule has 1 aliphatic heterocycles. The highest BCUT2D eigenvalue weighted by atomic mass is 19.1. The molecule has 1 N–H and O–H groups in total. The van der Waals surface area contributed by atoms with Gasteiger partial charge in [0, 0.05) is 63.7 Å². The van der Waals surface area contributed by atoms with E-state index < -0.39 is 11.6 Å². The summed E-state index contributed by atoms with van der Waals surface area (Å²) < 4.78 is 27.0. The largest absolute Gasteiger partial charge is 0.341 e. The highest BCUT2D eigenvalue weighted by molar-refractivity contribution is 5.34. The maximum absolute atomic E-state index is 13.5. The molecule has 4 rings (SSSR count). The molecule has 8 heteroatoms. The monoisotopic (exact) mass is 411 g/mol. The smallest absolute Gasteiger partial charge is 0.255 e. The molecular weight excluding hydrogens is 388 g/mol. The topological polar surface area (TPSA) is 65.1 Å². The van der Waals surface area contributed by atoms with Gasteiger partial charge in [0.25, 0.3) is 5.56 Å². The first kappa shape index (κ1) is 20.2. The molecule has 2 aromatic heterocycles. The number of anilines is 1. The number of rotatable bonds is 5. The fourth-order valence-electron chi connectivity index (χ4n) is 3.78. The van der Waals surface area contributed by atoms with Crippen LogP contribution < -0.4 is 10.5 Å². The van der Waals surface area contributed by atoms with Crippen molar-refractivity contribution < 1.29 is 8.78 Å². The number of pyridine rings is 1. The van der Waals surface area contributed by atoms with Gasteiger partial charge >= 0.3 is 0 Å². The van der Waals surface area contributed by atoms with E-state index in [0.29, 0.717) is 56.1 Å². The Labute approximate surface area is 173 Å². The molecule has 3 aromatic rings. The van der Waals surface area contributed by atoms with Crippen LogP contribution in [0.15, 0.2) is 47.5 Å². The fourth-order valence-corrected chi connectivity index (χ4v) is 3.78. The lowest BCUT2D eigenvalue weighted by molar-refractivity contribution is 0.278. The van der Waals surface area contributed by atoms with Crippen molar-refractivity contribution in [2.75, 3.05) is 25.0 Å². The Morgan fingerprint density at radius 2 is 1.90 bits per heavy atom. The summed E-state index contributed by atoms with van der Waals surface area (Å²) in [5, 5.41) is 0. The zero-order valence-corrected chi connectivity index (χ0v) is 16.7. The Morgan fingerprint density at radius 3 is 2.63 bits per heavy atom. The molecule has 30 heavy (non-hydrogen) atoms. The maximum Gasteiger partial charge on any atom is 0.255 e. The minimum Gasteiger partial charge on any atom is -0.341 e. The summed E-state index contributed by atoms with van der Waals surface area (Å²) in [6.45, 7) is 2.29. The Hall–Kier alpha value is -3.13. The van der Waals surface area contributed by atoms with Crippen LogP contribution >= 0.6 is 0 Å². The van der Waals surface area contributed by atoms with Crippen molar-refractivity contribution in [2.45, 2.75) is 25.9 Å². The SMILES string of the molecule is CN(Cc1cccnc1)c1nc2c(c(=O)[nH]1)CCN(Cc1cc(F)cc(F)c1)CC2. The number of fused-ring (bicyclic) bond motifs is 1. The molecular formula is C22H23F2N5O. The lowest BCUT2D eigenvalue weighted by Gasteiger charge is -2.19. The summed E-state index contributed by atoms with van der Waals surface area (Å²) in [4.78, 5) is 28.4. The van der Waals surface area contributed by atoms with Crippen molar-refractivity contribution in [1.82, 2.24) is 19.9 Å². The lowest BCUT2D eigenvalue weighted by Crippen LogP contribution is -2.27. The van der Waals surface area contributed by atoms with Crippen LogP contribution in [0.1, 0.15) is 22.4 Å². The fraction of sp³-hybridized carbons (Fsp3) is 0.318. The van der Waals surface area contributed by atoms with E-state index in [9.17, 15) is 13.6 Å². The molecule has 0 atom stereocenters. The molecule has 3 heterocycles. The highest BCUT2D eigenvalue weighted by Gasteiger charge is 2.20. The first-order chi connectivity index (χ1) is 14.5. The second-order valence-electron chi connectivity index (χ2n) is 7.59. The first-order valence-electron chi connectivity index (χ1n) is 9.87. The van der Waals surface area contributed by atoms with Crippen molar-refractivity contribution in [3.63, 3.8) is 0 Å². The van der Waals surface area contributed by atoms with Crippen LogP contribution in [0.4, 0.5) is 14.7 Å². The number of nitrogens with one attached hydrogen (secondary N) is 1. The van der Waals surface area contributed by atoms with Gasteiger partial charge in [-0.1, -0.05) is 6.07 Å². The normalized spacial score (nSPS) is 14.2. The third kappa shape index (κ3) is 4.71. The van der Waals surface area contributed by atoms with Gasteiger partial charge in [0.2, 0.25) is 5.95 Å². The van der Waals surface area contributed by atoms with Crippen LogP contribution in [0, 0.1) is 11.6 Å². The molecule has 0 saturated carbocycles. The molecule has 6 nitrogen and oxygen atoms in total. The predicted octanol–water partition coefficient (Wildman–Crippen LogP) is 2.68. The van der Waals surface area contributed by atoms with Crippen molar-refractivity contribution in [3.05, 3.63) is 87.1 Å². The van der Waals surface area contributed by atoms with Gasteiger partial charge < -0.3 is 4.90 Å². The third-order valence-electron chi connectivity index (χ3n) is 5.26. The Morgan fingerprint density at radius 1 is 1.13 bits per heavy atom. The van der Waals surface area contributed by atoms with E-state index in [4.69, 9.17) is 4.98 Å². The van der Waals surface area contributed by atoms with Gasteiger partial charge in [-0.3, -0.25) is 19.7 Å². The Balaban J connectivity index is 1.49. The van der Waals surface area contributed by atoms with Crippen LogP contribution in [-0.2, 0) is 25.9 Å². The van der Waals surface area contributed by atoms with Crippen molar-refractivity contribution in [3.8, 4) is 0 Å². The molecule has 0 unspecified atom stereocenters. The van der Waals surface area contributed by atoms with Crippen LogP contribution in [-0.4, -0.2) is 40.0 Å². The molecule has 1 aromatic carbocycles. The van der Waals surface area contributed by atoms with E-state index in [-0.39, 0.29) is 5.56 Å². The van der Waals surface area contributed by atoms with E-state index in [1.54, 1.807) is 12.4 Å². The van der Waals surface area contributed by atoms with Gasteiger partial charge in [0.05, 0.1) is 5.69 Å². The van der Waals surface area contributed by atoms with Crippen LogP contribution in [0.5, 0.6) is 0 Å². The summed E-state index contributed by atoms with van der Waals surface area (Å²) in [7, 11) is 1.87. The molecule has 156 valence electrons. The van der Waals surface area contributed by atoms with Gasteiger partial charge in [-0.2, -0.15) is 0 Å². The van der Waals surface area contributed by atoms with E-state index >= 15 is 0 Å². The van der Waals surface area contributed by atoms with E-state index in [1.807, 2.05) is 24.1 Å². The summed E-state index contributed by atoms with van der Waals surface area (Å²) in [6.07, 6.45) is 4.65. The minimum absolute atomic E-state index is 0.133. The molecule has 0 aliphatic carbocycles. The van der Waals surface area contributed by atoms with Crippen LogP contribution in [0.2, 0.25) is 0 Å². The molecule has 0 radical (unpaired) electrons. The molecule has 1 aliphatic rings. The van der Waals surface area contributed by atoms with Crippen molar-refractivity contribution >= 4 is 5.95 Å². The number of aromatic nitrogens is 3. The molecule has 0 bridgehead atoms. The number of benzene rings is 1. The lowest BCUT2D eigenvalue weighted by atomic mass is 10.1. The average molecular weight is 411 g/mol. The van der Waals surface area contributed by atoms with Crippen molar-refractivity contribution in [1.29, 1.82) is 0 Å². The van der Waals surface area contributed by atoms with Crippen LogP contribution in [0.3, 0.4) is 0 Å². The number of H-pyrrole nitrogens is 1. The molecule has 0 amide bonds. The van der Waals surface area contributed by atoms with Crippen LogP contribution in [0.25, 0.3) is 0 Å². The quantitative estimate of drug-likeness (QED) is 0.699. The number of hydrogen-bond acceptors (Lipinski definition) is 5. The number of halogens is 2. The van der Waals surface area contributed by atoms with E-state index in [1.165, 1.54) is 12.1 Å². The van der Waals surface area contributed by atoms with E-state index in [0.717, 1.165) is 17.3 Å². The van der Waals surface area contributed by atoms with Crippen molar-refractivity contribution in [2.24, 2.45) is 0 Å². The van der Waals surface area contributed by atoms with Gasteiger partial charge in [-0.15, -0.1) is 0 Å². The molecule has 0 saturated heterocycles. The Bertz CT molecular complexity index is 1070. The second-order valence-corrected chi connectivity index (χ2v) is 7.59. The van der Waals surface area contributed by atoms with Gasteiger partial charge in [0.1, 0.15) is 11.6 Å². The number of hydrogen-bond donors (Lipinski definition) is 1. The molecule has 0 fully saturated rings. The maximum atomic E-state index is 13.5. The van der Waals surface area contributed by atoms with Gasteiger partial charge in [0.15, 0.2) is 0 Å². The minimum atomic E-state index is -0.581. The number of nitrogens with zero attached hydrogens (tertiary/aromatic N) is 4. The Kier molecular flexibility index (Phi) is 5.85. The summed E-state index contributed by atoms with van der Waals surface area (Å²) >= 11 is 0. The summed E-state index contributed by atoms with van der Waals surface area (Å²) in [5.41, 5.74) is 2.93. The van der Waals surface area contributed by atoms with Gasteiger partial charge in [-0.05, 0) is 35.7 Å². The summed E-state index contributed by atoms with van der Waals surface area (Å²) in [6, 6.07) is 7.40. The average Bonchev–Trinajstić information content (AvgIpc) is 2.91. The first-order valence-corrected chi connectivity index (χ1v) is 9.87. The zero-order valence-electron chi connectivity index (χ0n) is 16.7. The zero-order chi connectivity index (χ0) is 21.1. The summed E-state index contributed by atoms with van der Waals surface area (Å²) in [5.74, 6) is -0.645. The standard InChI is InChI=1S/C22H23F2N5O/c1-28(13-15-3-2-6-25-12-15)22-26-20-5-8-29(7-4-19(20)21(30)27-22)14-16-9-17(23)11-18(24)10-16/h2-3,6,9-12H,4-5,7-8,13-14H2,1H3,(H,26,27,30).